The Morgan fingerprint density at radius 2 is 1.68 bits per heavy atom. The highest BCUT2D eigenvalue weighted by atomic mass is 19.4. The van der Waals surface area contributed by atoms with Crippen LogP contribution < -0.4 is 10.1 Å². The molecule has 0 radical (unpaired) electrons. The summed E-state index contributed by atoms with van der Waals surface area (Å²) in [7, 11) is 0. The number of rotatable bonds is 5. The SMILES string of the molecule is Cc1nnnn1-c1cccc(NC(=O)COc2cc(C(F)(F)F)cc(C(F)(F)F)c2)c1. The van der Waals surface area contributed by atoms with Crippen LogP contribution in [-0.4, -0.2) is 32.7 Å². The Labute approximate surface area is 170 Å². The number of hydrogen-bond donors (Lipinski definition) is 1. The third-order valence-electron chi connectivity index (χ3n) is 3.93. The van der Waals surface area contributed by atoms with Gasteiger partial charge in [0.25, 0.3) is 5.91 Å². The Hall–Kier alpha value is -3.64. The highest BCUT2D eigenvalue weighted by molar-refractivity contribution is 5.92. The number of hydrogen-bond acceptors (Lipinski definition) is 5. The van der Waals surface area contributed by atoms with E-state index in [1.165, 1.54) is 16.8 Å². The first kappa shape index (κ1) is 22.1. The zero-order chi connectivity index (χ0) is 22.8. The van der Waals surface area contributed by atoms with E-state index in [0.29, 0.717) is 29.3 Å². The quantitative estimate of drug-likeness (QED) is 0.600. The van der Waals surface area contributed by atoms with Gasteiger partial charge in [0, 0.05) is 5.69 Å². The fraction of sp³-hybridized carbons (Fsp3) is 0.222. The number of halogens is 6. The van der Waals surface area contributed by atoms with Gasteiger partial charge in [0.1, 0.15) is 5.75 Å². The summed E-state index contributed by atoms with van der Waals surface area (Å²) in [5.41, 5.74) is -2.26. The van der Waals surface area contributed by atoms with Crippen LogP contribution in [0.25, 0.3) is 5.69 Å². The maximum atomic E-state index is 12.9. The van der Waals surface area contributed by atoms with Gasteiger partial charge in [0.05, 0.1) is 16.8 Å². The molecule has 31 heavy (non-hydrogen) atoms. The van der Waals surface area contributed by atoms with E-state index in [1.807, 2.05) is 0 Å². The minimum atomic E-state index is -5.02. The molecule has 1 N–H and O–H groups in total. The van der Waals surface area contributed by atoms with Gasteiger partial charge in [-0.2, -0.15) is 31.0 Å². The maximum Gasteiger partial charge on any atom is 0.416 e. The van der Waals surface area contributed by atoms with Crippen molar-refractivity contribution in [1.82, 2.24) is 20.2 Å². The zero-order valence-corrected chi connectivity index (χ0v) is 15.6. The van der Waals surface area contributed by atoms with Gasteiger partial charge in [0.2, 0.25) is 0 Å². The minimum Gasteiger partial charge on any atom is -0.484 e. The number of carbonyl (C=O) groups excluding carboxylic acids is 1. The monoisotopic (exact) mass is 445 g/mol. The molecule has 2 aromatic carbocycles. The van der Waals surface area contributed by atoms with E-state index in [4.69, 9.17) is 4.74 Å². The second-order valence-corrected chi connectivity index (χ2v) is 6.27. The van der Waals surface area contributed by atoms with Crippen LogP contribution in [0.15, 0.2) is 42.5 Å². The van der Waals surface area contributed by atoms with Crippen LogP contribution in [0.5, 0.6) is 5.75 Å². The number of ether oxygens (including phenoxy) is 1. The van der Waals surface area contributed by atoms with Crippen LogP contribution in [0.1, 0.15) is 17.0 Å². The summed E-state index contributed by atoms with van der Waals surface area (Å²) < 4.78 is 83.6. The number of amides is 1. The summed E-state index contributed by atoms with van der Waals surface area (Å²) in [5.74, 6) is -1.05. The highest BCUT2D eigenvalue weighted by Crippen LogP contribution is 2.38. The molecule has 0 unspecified atom stereocenters. The number of benzene rings is 2. The molecule has 1 amide bonds. The topological polar surface area (TPSA) is 81.9 Å². The first-order valence-electron chi connectivity index (χ1n) is 8.51. The van der Waals surface area contributed by atoms with Crippen LogP contribution in [0.4, 0.5) is 32.0 Å². The van der Waals surface area contributed by atoms with E-state index >= 15 is 0 Å². The summed E-state index contributed by atoms with van der Waals surface area (Å²) >= 11 is 0. The molecule has 7 nitrogen and oxygen atoms in total. The van der Waals surface area contributed by atoms with Gasteiger partial charge in [-0.25, -0.2) is 0 Å². The first-order chi connectivity index (χ1) is 14.4. The molecule has 0 spiro atoms. The van der Waals surface area contributed by atoms with Gasteiger partial charge in [-0.05, 0) is 53.7 Å². The third-order valence-corrected chi connectivity index (χ3v) is 3.93. The Balaban J connectivity index is 1.72. The molecule has 0 aliphatic heterocycles. The van der Waals surface area contributed by atoms with Crippen LogP contribution in [0, 0.1) is 6.92 Å². The van der Waals surface area contributed by atoms with E-state index in [1.54, 1.807) is 19.1 Å². The first-order valence-corrected chi connectivity index (χ1v) is 8.51. The fourth-order valence-corrected chi connectivity index (χ4v) is 2.54. The highest BCUT2D eigenvalue weighted by Gasteiger charge is 2.37. The lowest BCUT2D eigenvalue weighted by Crippen LogP contribution is -2.21. The average Bonchev–Trinajstić information content (AvgIpc) is 3.11. The number of alkyl halides is 6. The van der Waals surface area contributed by atoms with Crippen LogP contribution in [-0.2, 0) is 17.1 Å². The maximum absolute atomic E-state index is 12.9. The lowest BCUT2D eigenvalue weighted by atomic mass is 10.1. The van der Waals surface area contributed by atoms with Crippen molar-refractivity contribution in [2.24, 2.45) is 0 Å². The molecule has 13 heteroatoms. The van der Waals surface area contributed by atoms with Gasteiger partial charge >= 0.3 is 12.4 Å². The van der Waals surface area contributed by atoms with Gasteiger partial charge in [-0.15, -0.1) is 5.10 Å². The lowest BCUT2D eigenvalue weighted by molar-refractivity contribution is -0.143. The Kier molecular flexibility index (Phi) is 5.86. The molecule has 164 valence electrons. The Morgan fingerprint density at radius 1 is 1.03 bits per heavy atom. The largest absolute Gasteiger partial charge is 0.484 e. The summed E-state index contributed by atoms with van der Waals surface area (Å²) in [5, 5.41) is 13.4. The molecule has 0 aliphatic carbocycles. The zero-order valence-electron chi connectivity index (χ0n) is 15.6. The molecule has 3 rings (SSSR count). The van der Waals surface area contributed by atoms with Crippen LogP contribution in [0.3, 0.4) is 0 Å². The van der Waals surface area contributed by atoms with E-state index < -0.39 is 41.7 Å². The summed E-state index contributed by atoms with van der Waals surface area (Å²) in [6.07, 6.45) is -10.0. The summed E-state index contributed by atoms with van der Waals surface area (Å²) in [4.78, 5) is 12.1. The molecule has 0 bridgehead atoms. The second-order valence-electron chi connectivity index (χ2n) is 6.27. The number of aryl methyl sites for hydroxylation is 1. The molecular formula is C18H13F6N5O2. The third kappa shape index (κ3) is 5.49. The van der Waals surface area contributed by atoms with Crippen molar-refractivity contribution >= 4 is 11.6 Å². The normalized spacial score (nSPS) is 12.0. The van der Waals surface area contributed by atoms with Crippen molar-refractivity contribution in [3.63, 3.8) is 0 Å². The van der Waals surface area contributed by atoms with E-state index in [-0.39, 0.29) is 6.07 Å². The summed E-state index contributed by atoms with van der Waals surface area (Å²) in [6, 6.07) is 7.05. The van der Waals surface area contributed by atoms with Crippen molar-refractivity contribution in [2.45, 2.75) is 19.3 Å². The van der Waals surface area contributed by atoms with Crippen molar-refractivity contribution in [3.05, 3.63) is 59.4 Å². The van der Waals surface area contributed by atoms with Gasteiger partial charge in [-0.1, -0.05) is 6.07 Å². The average molecular weight is 445 g/mol. The van der Waals surface area contributed by atoms with Crippen molar-refractivity contribution < 1.29 is 35.9 Å². The molecule has 1 aromatic heterocycles. The van der Waals surface area contributed by atoms with E-state index in [0.717, 1.165) is 0 Å². The molecule has 0 saturated heterocycles. The van der Waals surface area contributed by atoms with Crippen molar-refractivity contribution in [1.29, 1.82) is 0 Å². The Bertz CT molecular complexity index is 1060. The predicted octanol–water partition coefficient (Wildman–Crippen LogP) is 4.03. The summed E-state index contributed by atoms with van der Waals surface area (Å²) in [6.45, 7) is 0.843. The molecule has 1 heterocycles. The molecule has 0 fully saturated rings. The van der Waals surface area contributed by atoms with Gasteiger partial charge in [0.15, 0.2) is 12.4 Å². The van der Waals surface area contributed by atoms with Gasteiger partial charge < -0.3 is 10.1 Å². The van der Waals surface area contributed by atoms with E-state index in [2.05, 4.69) is 20.8 Å². The number of nitrogens with zero attached hydrogens (tertiary/aromatic N) is 4. The number of tetrazole rings is 1. The number of carbonyl (C=O) groups is 1. The second kappa shape index (κ2) is 8.24. The van der Waals surface area contributed by atoms with E-state index in [9.17, 15) is 31.1 Å². The molecule has 0 saturated carbocycles. The van der Waals surface area contributed by atoms with Crippen molar-refractivity contribution in [2.75, 3.05) is 11.9 Å². The van der Waals surface area contributed by atoms with Gasteiger partial charge in [-0.3, -0.25) is 4.79 Å². The molecule has 0 aliphatic rings. The molecular weight excluding hydrogens is 432 g/mol. The Morgan fingerprint density at radius 3 is 2.23 bits per heavy atom. The minimum absolute atomic E-state index is 0.0284. The van der Waals surface area contributed by atoms with Crippen molar-refractivity contribution in [3.8, 4) is 11.4 Å². The number of nitrogens with one attached hydrogen (secondary N) is 1. The molecule has 0 atom stereocenters. The standard InChI is InChI=1S/C18H13F6N5O2/c1-10-26-27-28-29(10)14-4-2-3-13(8-14)25-16(30)9-31-15-6-11(17(19,20)21)5-12(7-15)18(22,23)24/h2-8H,9H2,1H3,(H,25,30). The molecule has 3 aromatic rings. The van der Waals surface area contributed by atoms with Crippen LogP contribution >= 0.6 is 0 Å². The fourth-order valence-electron chi connectivity index (χ4n) is 2.54. The predicted molar refractivity (Wildman–Crippen MR) is 94.5 cm³/mol. The number of anilines is 1. The van der Waals surface area contributed by atoms with Crippen LogP contribution in [0.2, 0.25) is 0 Å². The number of aromatic nitrogens is 4. The lowest BCUT2D eigenvalue weighted by Gasteiger charge is -2.15. The smallest absolute Gasteiger partial charge is 0.416 e.